The topological polar surface area (TPSA) is 45.1 Å². The lowest BCUT2D eigenvalue weighted by Gasteiger charge is -2.35. The highest BCUT2D eigenvalue weighted by molar-refractivity contribution is 6.42. The molecule has 29 heavy (non-hydrogen) atoms. The molecule has 4 rings (SSSR count). The van der Waals surface area contributed by atoms with E-state index in [1.54, 1.807) is 6.07 Å². The first-order valence-corrected chi connectivity index (χ1v) is 10.6. The quantitative estimate of drug-likeness (QED) is 0.758. The molecule has 0 aromatic heterocycles. The molecule has 0 radical (unpaired) electrons. The Morgan fingerprint density at radius 2 is 1.69 bits per heavy atom. The van der Waals surface area contributed by atoms with Gasteiger partial charge in [0.05, 0.1) is 48.3 Å². The van der Waals surface area contributed by atoms with Gasteiger partial charge in [0.1, 0.15) is 0 Å². The summed E-state index contributed by atoms with van der Waals surface area (Å²) < 4.78 is 0. The molecule has 2 saturated heterocycles. The molecule has 0 aliphatic carbocycles. The predicted octanol–water partition coefficient (Wildman–Crippen LogP) is 2.65. The maximum absolute atomic E-state index is 13.1. The number of piperazine rings is 1. The van der Waals surface area contributed by atoms with E-state index >= 15 is 0 Å². The Balaban J connectivity index is 1.45. The standard InChI is InChI=1S/C22H23Cl2N3O2/c1-14-3-6-19(15(2)11-14)27-21(28)13-20(22(27)29)26-9-7-25(8-10-26)16-4-5-17(23)18(24)12-16/h3-6,11-12,20H,7-10,13H2,1-2H3/p+1/t20-/m1/s1. The number of nitrogens with zero attached hydrogens (tertiary/aromatic N) is 2. The number of benzene rings is 2. The van der Waals surface area contributed by atoms with E-state index in [2.05, 4.69) is 4.90 Å². The second-order valence-corrected chi connectivity index (χ2v) is 8.67. The Morgan fingerprint density at radius 1 is 0.966 bits per heavy atom. The zero-order valence-electron chi connectivity index (χ0n) is 16.5. The molecule has 7 heteroatoms. The number of hydrogen-bond donors (Lipinski definition) is 1. The molecular weight excluding hydrogens is 409 g/mol. The lowest BCUT2D eigenvalue weighted by atomic mass is 10.1. The van der Waals surface area contributed by atoms with Gasteiger partial charge in [0.25, 0.3) is 5.91 Å². The van der Waals surface area contributed by atoms with Crippen LogP contribution in [0.5, 0.6) is 0 Å². The average molecular weight is 433 g/mol. The number of carbonyl (C=O) groups is 2. The van der Waals surface area contributed by atoms with Crippen LogP contribution in [0.15, 0.2) is 36.4 Å². The van der Waals surface area contributed by atoms with Gasteiger partial charge < -0.3 is 9.80 Å². The Kier molecular flexibility index (Phi) is 5.56. The number of amides is 2. The largest absolute Gasteiger partial charge is 0.360 e. The van der Waals surface area contributed by atoms with Crippen LogP contribution in [0.2, 0.25) is 10.0 Å². The maximum atomic E-state index is 13.1. The molecule has 2 amide bonds. The van der Waals surface area contributed by atoms with Crippen molar-refractivity contribution < 1.29 is 14.5 Å². The normalized spacial score (nSPS) is 20.6. The Labute approximate surface area is 180 Å². The molecule has 0 spiro atoms. The van der Waals surface area contributed by atoms with E-state index in [1.165, 1.54) is 9.80 Å². The number of quaternary nitrogens is 1. The van der Waals surface area contributed by atoms with Crippen molar-refractivity contribution in [1.82, 2.24) is 0 Å². The van der Waals surface area contributed by atoms with E-state index in [0.29, 0.717) is 15.7 Å². The smallest absolute Gasteiger partial charge is 0.292 e. The number of anilines is 2. The van der Waals surface area contributed by atoms with E-state index < -0.39 is 0 Å². The highest BCUT2D eigenvalue weighted by Crippen LogP contribution is 2.28. The molecule has 0 bridgehead atoms. The van der Waals surface area contributed by atoms with Gasteiger partial charge in [-0.15, -0.1) is 0 Å². The van der Waals surface area contributed by atoms with E-state index in [4.69, 9.17) is 23.2 Å². The number of imide groups is 1. The summed E-state index contributed by atoms with van der Waals surface area (Å²) >= 11 is 12.2. The van der Waals surface area contributed by atoms with E-state index in [1.807, 2.05) is 44.2 Å². The number of nitrogens with one attached hydrogen (secondary N) is 1. The van der Waals surface area contributed by atoms with E-state index in [-0.39, 0.29) is 24.3 Å². The van der Waals surface area contributed by atoms with Gasteiger partial charge in [-0.2, -0.15) is 0 Å². The highest BCUT2D eigenvalue weighted by Gasteiger charge is 2.46. The fraction of sp³-hybridized carbons (Fsp3) is 0.364. The third kappa shape index (κ3) is 3.87. The molecule has 152 valence electrons. The minimum Gasteiger partial charge on any atom is -0.360 e. The first-order valence-electron chi connectivity index (χ1n) is 9.84. The molecule has 5 nitrogen and oxygen atoms in total. The Bertz CT molecular complexity index is 971. The van der Waals surface area contributed by atoms with Gasteiger partial charge in [-0.3, -0.25) is 9.59 Å². The summed E-state index contributed by atoms with van der Waals surface area (Å²) in [5.74, 6) is -0.189. The number of halogens is 2. The van der Waals surface area contributed by atoms with Crippen LogP contribution in [0.4, 0.5) is 11.4 Å². The Hall–Kier alpha value is -2.08. The zero-order valence-corrected chi connectivity index (χ0v) is 18.1. The minimum absolute atomic E-state index is 0.0834. The highest BCUT2D eigenvalue weighted by atomic mass is 35.5. The van der Waals surface area contributed by atoms with Crippen LogP contribution in [0.25, 0.3) is 0 Å². The van der Waals surface area contributed by atoms with Crippen molar-refractivity contribution >= 4 is 46.4 Å². The number of rotatable bonds is 3. The molecule has 2 aromatic rings. The summed E-state index contributed by atoms with van der Waals surface area (Å²) in [5.41, 5.74) is 3.81. The first-order chi connectivity index (χ1) is 13.8. The van der Waals surface area contributed by atoms with Crippen molar-refractivity contribution in [3.8, 4) is 0 Å². The van der Waals surface area contributed by atoms with Crippen molar-refractivity contribution in [1.29, 1.82) is 0 Å². The van der Waals surface area contributed by atoms with Gasteiger partial charge in [0.15, 0.2) is 6.04 Å². The predicted molar refractivity (Wildman–Crippen MR) is 116 cm³/mol. The van der Waals surface area contributed by atoms with Crippen LogP contribution in [-0.2, 0) is 9.59 Å². The summed E-state index contributed by atoms with van der Waals surface area (Å²) in [4.78, 5) is 30.6. The van der Waals surface area contributed by atoms with Crippen LogP contribution in [-0.4, -0.2) is 44.0 Å². The van der Waals surface area contributed by atoms with Gasteiger partial charge in [-0.1, -0.05) is 40.9 Å². The first kappa shape index (κ1) is 20.2. The summed E-state index contributed by atoms with van der Waals surface area (Å²) in [7, 11) is 0. The van der Waals surface area contributed by atoms with Crippen LogP contribution < -0.4 is 14.7 Å². The van der Waals surface area contributed by atoms with Gasteiger partial charge >= 0.3 is 0 Å². The lowest BCUT2D eigenvalue weighted by Crippen LogP contribution is -3.19. The summed E-state index contributed by atoms with van der Waals surface area (Å²) in [6.07, 6.45) is 0.272. The fourth-order valence-corrected chi connectivity index (χ4v) is 4.63. The van der Waals surface area contributed by atoms with Gasteiger partial charge in [0, 0.05) is 5.69 Å². The number of hydrogen-bond acceptors (Lipinski definition) is 3. The van der Waals surface area contributed by atoms with Crippen LogP contribution in [0.1, 0.15) is 17.5 Å². The molecule has 0 unspecified atom stereocenters. The van der Waals surface area contributed by atoms with Crippen LogP contribution in [0.3, 0.4) is 0 Å². The second kappa shape index (κ2) is 7.98. The number of carbonyl (C=O) groups excluding carboxylic acids is 2. The van der Waals surface area contributed by atoms with Gasteiger partial charge in [-0.05, 0) is 43.7 Å². The number of aryl methyl sites for hydroxylation is 2. The van der Waals surface area contributed by atoms with Gasteiger partial charge in [0.2, 0.25) is 5.91 Å². The molecule has 2 aromatic carbocycles. The molecule has 1 N–H and O–H groups in total. The van der Waals surface area contributed by atoms with Crippen LogP contribution in [0, 0.1) is 13.8 Å². The molecule has 2 aliphatic heterocycles. The third-order valence-corrected chi connectivity index (χ3v) is 6.65. The zero-order chi connectivity index (χ0) is 20.7. The van der Waals surface area contributed by atoms with E-state index in [9.17, 15) is 9.59 Å². The van der Waals surface area contributed by atoms with Gasteiger partial charge in [-0.25, -0.2) is 4.90 Å². The summed E-state index contributed by atoms with van der Waals surface area (Å²) in [6, 6.07) is 11.2. The minimum atomic E-state index is -0.306. The molecule has 0 saturated carbocycles. The Morgan fingerprint density at radius 3 is 2.34 bits per heavy atom. The van der Waals surface area contributed by atoms with Crippen molar-refractivity contribution in [2.45, 2.75) is 26.3 Å². The maximum Gasteiger partial charge on any atom is 0.292 e. The molecule has 2 fully saturated rings. The van der Waals surface area contributed by atoms with Crippen molar-refractivity contribution in [2.75, 3.05) is 36.0 Å². The van der Waals surface area contributed by atoms with Crippen molar-refractivity contribution in [2.24, 2.45) is 0 Å². The lowest BCUT2D eigenvalue weighted by molar-refractivity contribution is -0.915. The van der Waals surface area contributed by atoms with E-state index in [0.717, 1.165) is 43.0 Å². The summed E-state index contributed by atoms with van der Waals surface area (Å²) in [6.45, 7) is 7.14. The fourth-order valence-electron chi connectivity index (χ4n) is 4.34. The molecule has 2 aliphatic rings. The third-order valence-electron chi connectivity index (χ3n) is 5.91. The SMILES string of the molecule is Cc1ccc(N2C(=O)C[C@@H]([NH+]3CCN(c4ccc(Cl)c(Cl)c4)CC3)C2=O)c(C)c1. The summed E-state index contributed by atoms with van der Waals surface area (Å²) in [5, 5.41) is 1.08. The second-order valence-electron chi connectivity index (χ2n) is 7.86. The molecular formula is C22H24Cl2N3O2+. The van der Waals surface area contributed by atoms with Crippen molar-refractivity contribution in [3.63, 3.8) is 0 Å². The molecule has 2 heterocycles. The molecule has 1 atom stereocenters. The van der Waals surface area contributed by atoms with Crippen LogP contribution >= 0.6 is 23.2 Å². The van der Waals surface area contributed by atoms with Crippen molar-refractivity contribution in [3.05, 3.63) is 57.6 Å². The average Bonchev–Trinajstić information content (AvgIpc) is 2.99. The monoisotopic (exact) mass is 432 g/mol.